The molecule has 116 valence electrons. The molecule has 1 N–H and O–H groups in total. The van der Waals surface area contributed by atoms with Crippen LogP contribution < -0.4 is 10.4 Å². The molecule has 7 heteroatoms. The van der Waals surface area contributed by atoms with E-state index in [9.17, 15) is 19.1 Å². The Hall–Kier alpha value is -2.51. The number of carbonyl (C=O) groups is 2. The van der Waals surface area contributed by atoms with Crippen LogP contribution in [0, 0.1) is 5.82 Å². The van der Waals surface area contributed by atoms with Gasteiger partial charge in [0.15, 0.2) is 0 Å². The second kappa shape index (κ2) is 6.31. The number of hydrogen-bond donors (Lipinski definition) is 1. The first-order valence-corrected chi connectivity index (χ1v) is 8.26. The summed E-state index contributed by atoms with van der Waals surface area (Å²) in [5, 5.41) is 17.7. The summed E-state index contributed by atoms with van der Waals surface area (Å²) in [5.41, 5.74) is 0.703. The number of carboxylic acids is 1. The molecule has 3 aromatic rings. The first-order valence-electron chi connectivity index (χ1n) is 6.50. The third-order valence-corrected chi connectivity index (χ3v) is 4.91. The summed E-state index contributed by atoms with van der Waals surface area (Å²) in [7, 11) is 0. The third kappa shape index (κ3) is 3.15. The van der Waals surface area contributed by atoms with E-state index in [1.807, 2.05) is 11.4 Å². The average Bonchev–Trinajstić information content (AvgIpc) is 3.16. The number of hydrogen-bond acceptors (Lipinski definition) is 5. The number of rotatable bonds is 4. The number of thiophene rings is 2. The molecule has 0 aliphatic heterocycles. The van der Waals surface area contributed by atoms with Crippen LogP contribution in [0.4, 0.5) is 9.39 Å². The van der Waals surface area contributed by atoms with Gasteiger partial charge in [-0.15, -0.1) is 22.7 Å². The molecule has 0 unspecified atom stereocenters. The Morgan fingerprint density at radius 1 is 1.09 bits per heavy atom. The lowest BCUT2D eigenvalue weighted by Crippen LogP contribution is -2.24. The van der Waals surface area contributed by atoms with Crippen molar-refractivity contribution in [2.75, 3.05) is 5.32 Å². The Morgan fingerprint density at radius 2 is 1.83 bits per heavy atom. The zero-order valence-electron chi connectivity index (χ0n) is 11.5. The van der Waals surface area contributed by atoms with Gasteiger partial charge in [-0.2, -0.15) is 0 Å². The normalized spacial score (nSPS) is 10.5. The van der Waals surface area contributed by atoms with E-state index in [1.54, 1.807) is 11.4 Å². The largest absolute Gasteiger partial charge is 0.545 e. The summed E-state index contributed by atoms with van der Waals surface area (Å²) in [6, 6.07) is 8.60. The lowest BCUT2D eigenvalue weighted by Gasteiger charge is -2.09. The Morgan fingerprint density at radius 3 is 2.43 bits per heavy atom. The third-order valence-electron chi connectivity index (χ3n) is 3.12. The zero-order valence-corrected chi connectivity index (χ0v) is 13.2. The maximum atomic E-state index is 12.9. The Labute approximate surface area is 138 Å². The fraction of sp³-hybridized carbons (Fsp3) is 0. The van der Waals surface area contributed by atoms with Gasteiger partial charge in [0.1, 0.15) is 10.8 Å². The maximum absolute atomic E-state index is 12.9. The van der Waals surface area contributed by atoms with Crippen LogP contribution in [0.2, 0.25) is 0 Å². The number of anilines is 1. The predicted molar refractivity (Wildman–Crippen MR) is 86.3 cm³/mol. The highest BCUT2D eigenvalue weighted by Gasteiger charge is 2.17. The second-order valence-corrected chi connectivity index (χ2v) is 6.41. The van der Waals surface area contributed by atoms with Crippen LogP contribution in [0.1, 0.15) is 20.7 Å². The molecule has 0 aliphatic rings. The molecule has 0 atom stereocenters. The molecule has 2 aromatic heterocycles. The highest BCUT2D eigenvalue weighted by molar-refractivity contribution is 7.17. The van der Waals surface area contributed by atoms with E-state index in [0.29, 0.717) is 5.56 Å². The van der Waals surface area contributed by atoms with Crippen molar-refractivity contribution in [2.45, 2.75) is 0 Å². The molecule has 0 bridgehead atoms. The number of benzene rings is 1. The second-order valence-electron chi connectivity index (χ2n) is 4.58. The molecule has 4 nitrogen and oxygen atoms in total. The van der Waals surface area contributed by atoms with Crippen molar-refractivity contribution in [1.82, 2.24) is 0 Å². The molecular formula is C16H9FNO3S2-. The van der Waals surface area contributed by atoms with E-state index >= 15 is 0 Å². The lowest BCUT2D eigenvalue weighted by molar-refractivity contribution is -0.254. The molecule has 2 heterocycles. The molecule has 0 aliphatic carbocycles. The number of amides is 1. The number of carbonyl (C=O) groups excluding carboxylic acids is 2. The molecule has 1 aromatic carbocycles. The fourth-order valence-electron chi connectivity index (χ4n) is 2.04. The van der Waals surface area contributed by atoms with Gasteiger partial charge < -0.3 is 15.2 Å². The smallest absolute Gasteiger partial charge is 0.256 e. The van der Waals surface area contributed by atoms with Crippen molar-refractivity contribution in [3.63, 3.8) is 0 Å². The van der Waals surface area contributed by atoms with Crippen LogP contribution in [-0.2, 0) is 0 Å². The topological polar surface area (TPSA) is 69.2 Å². The van der Waals surface area contributed by atoms with Crippen LogP contribution in [0.5, 0.6) is 0 Å². The van der Waals surface area contributed by atoms with Gasteiger partial charge in [-0.25, -0.2) is 4.39 Å². The van der Waals surface area contributed by atoms with Crippen LogP contribution in [0.15, 0.2) is 47.2 Å². The minimum Gasteiger partial charge on any atom is -0.545 e. The van der Waals surface area contributed by atoms with Crippen LogP contribution >= 0.6 is 22.7 Å². The molecule has 0 spiro atoms. The summed E-state index contributed by atoms with van der Waals surface area (Å²) in [6.45, 7) is 0. The predicted octanol–water partition coefficient (Wildman–Crippen LogP) is 3.23. The number of nitrogens with one attached hydrogen (secondary N) is 1. The van der Waals surface area contributed by atoms with Gasteiger partial charge in [0.05, 0.1) is 5.97 Å². The summed E-state index contributed by atoms with van der Waals surface area (Å²) < 4.78 is 12.9. The van der Waals surface area contributed by atoms with Gasteiger partial charge in [0, 0.05) is 26.9 Å². The Balaban J connectivity index is 1.93. The van der Waals surface area contributed by atoms with Crippen LogP contribution in [-0.4, -0.2) is 11.9 Å². The minimum atomic E-state index is -1.36. The molecule has 0 saturated carbocycles. The van der Waals surface area contributed by atoms with Gasteiger partial charge in [0.25, 0.3) is 5.91 Å². The minimum absolute atomic E-state index is 0.0482. The quantitative estimate of drug-likeness (QED) is 0.788. The summed E-state index contributed by atoms with van der Waals surface area (Å²) in [4.78, 5) is 24.4. The molecule has 23 heavy (non-hydrogen) atoms. The number of halogens is 1. The highest BCUT2D eigenvalue weighted by Crippen LogP contribution is 2.37. The van der Waals surface area contributed by atoms with Gasteiger partial charge in [-0.1, -0.05) is 6.07 Å². The van der Waals surface area contributed by atoms with Crippen molar-refractivity contribution in [1.29, 1.82) is 0 Å². The Kier molecular flexibility index (Phi) is 4.22. The van der Waals surface area contributed by atoms with E-state index in [-0.39, 0.29) is 16.1 Å². The lowest BCUT2D eigenvalue weighted by atomic mass is 10.1. The molecule has 1 amide bonds. The monoisotopic (exact) mass is 346 g/mol. The van der Waals surface area contributed by atoms with E-state index in [2.05, 4.69) is 5.32 Å². The van der Waals surface area contributed by atoms with Gasteiger partial charge in [-0.3, -0.25) is 4.79 Å². The number of carboxylic acid groups (broad SMARTS) is 1. The molecule has 0 fully saturated rings. The van der Waals surface area contributed by atoms with E-state index in [0.717, 1.165) is 16.2 Å². The standard InChI is InChI=1S/C16H10FNO3S2/c17-10-5-3-9(4-6-10)14(19)18-15-13(16(20)21)11(8-23-15)12-2-1-7-22-12/h1-8H,(H,18,19)(H,20,21)/p-1. The summed E-state index contributed by atoms with van der Waals surface area (Å²) >= 11 is 2.51. The molecule has 0 saturated heterocycles. The van der Waals surface area contributed by atoms with E-state index in [1.165, 1.54) is 35.6 Å². The SMILES string of the molecule is O=C(Nc1scc(-c2cccs2)c1C(=O)[O-])c1ccc(F)cc1. The summed E-state index contributed by atoms with van der Waals surface area (Å²) in [6.07, 6.45) is 0. The number of aromatic carboxylic acids is 1. The van der Waals surface area contributed by atoms with Crippen LogP contribution in [0.3, 0.4) is 0 Å². The van der Waals surface area contributed by atoms with Crippen molar-refractivity contribution in [3.05, 3.63) is 64.1 Å². The molecule has 0 radical (unpaired) electrons. The fourth-order valence-corrected chi connectivity index (χ4v) is 3.81. The van der Waals surface area contributed by atoms with Gasteiger partial charge >= 0.3 is 0 Å². The molecular weight excluding hydrogens is 337 g/mol. The first kappa shape index (κ1) is 15.4. The van der Waals surface area contributed by atoms with E-state index < -0.39 is 17.7 Å². The first-order chi connectivity index (χ1) is 11.1. The van der Waals surface area contributed by atoms with Gasteiger partial charge in [-0.05, 0) is 35.7 Å². The van der Waals surface area contributed by atoms with Crippen molar-refractivity contribution in [2.24, 2.45) is 0 Å². The molecule has 3 rings (SSSR count). The van der Waals surface area contributed by atoms with Crippen molar-refractivity contribution in [3.8, 4) is 10.4 Å². The van der Waals surface area contributed by atoms with Crippen molar-refractivity contribution >= 4 is 39.6 Å². The highest BCUT2D eigenvalue weighted by atomic mass is 32.1. The Bertz CT molecular complexity index is 854. The van der Waals surface area contributed by atoms with E-state index in [4.69, 9.17) is 0 Å². The van der Waals surface area contributed by atoms with Crippen LogP contribution in [0.25, 0.3) is 10.4 Å². The zero-order chi connectivity index (χ0) is 16.4. The maximum Gasteiger partial charge on any atom is 0.256 e. The van der Waals surface area contributed by atoms with Gasteiger partial charge in [0.2, 0.25) is 0 Å². The average molecular weight is 346 g/mol. The van der Waals surface area contributed by atoms with Crippen molar-refractivity contribution < 1.29 is 19.1 Å². The summed E-state index contributed by atoms with van der Waals surface area (Å²) in [5.74, 6) is -2.32.